The number of anilines is 2. The molecule has 120 valence electrons. The molecule has 9 nitrogen and oxygen atoms in total. The van der Waals surface area contributed by atoms with Crippen LogP contribution in [0, 0.1) is 6.92 Å². The van der Waals surface area contributed by atoms with Crippen molar-refractivity contribution in [1.82, 2.24) is 20.0 Å². The van der Waals surface area contributed by atoms with E-state index >= 15 is 0 Å². The van der Waals surface area contributed by atoms with E-state index in [1.54, 1.807) is 9.58 Å². The molecule has 0 aromatic carbocycles. The molecular formula is C13H20N6O3. The third-order valence-electron chi connectivity index (χ3n) is 4.26. The number of urea groups is 1. The van der Waals surface area contributed by atoms with Crippen LogP contribution in [0.25, 0.3) is 0 Å². The third-order valence-corrected chi connectivity index (χ3v) is 4.26. The Morgan fingerprint density at radius 1 is 1.23 bits per heavy atom. The molecule has 2 N–H and O–H groups in total. The van der Waals surface area contributed by atoms with Crippen molar-refractivity contribution < 1.29 is 14.7 Å². The average Bonchev–Trinajstić information content (AvgIpc) is 3.03. The van der Waals surface area contributed by atoms with Gasteiger partial charge in [0, 0.05) is 46.3 Å². The largest absolute Gasteiger partial charge is 0.465 e. The molecule has 2 aliphatic rings. The van der Waals surface area contributed by atoms with Crippen LogP contribution in [0.15, 0.2) is 0 Å². The number of aryl methyl sites for hydroxylation is 1. The highest BCUT2D eigenvalue weighted by Gasteiger charge is 2.32. The summed E-state index contributed by atoms with van der Waals surface area (Å²) in [5, 5.41) is 16.4. The molecule has 2 fully saturated rings. The highest BCUT2D eigenvalue weighted by molar-refractivity contribution is 5.97. The molecule has 0 radical (unpaired) electrons. The van der Waals surface area contributed by atoms with Crippen molar-refractivity contribution >= 4 is 23.6 Å². The van der Waals surface area contributed by atoms with Gasteiger partial charge < -0.3 is 20.2 Å². The molecule has 0 unspecified atom stereocenters. The number of carboxylic acid groups (broad SMARTS) is 1. The second kappa shape index (κ2) is 5.39. The van der Waals surface area contributed by atoms with Crippen molar-refractivity contribution in [3.05, 3.63) is 5.69 Å². The number of aromatic nitrogens is 2. The van der Waals surface area contributed by atoms with Gasteiger partial charge in [-0.1, -0.05) is 0 Å². The van der Waals surface area contributed by atoms with E-state index < -0.39 is 6.09 Å². The van der Waals surface area contributed by atoms with E-state index in [2.05, 4.69) is 10.4 Å². The van der Waals surface area contributed by atoms with E-state index in [0.717, 1.165) is 17.2 Å². The third kappa shape index (κ3) is 2.32. The summed E-state index contributed by atoms with van der Waals surface area (Å²) in [6.07, 6.45) is -0.893. The van der Waals surface area contributed by atoms with Gasteiger partial charge in [-0.2, -0.15) is 5.10 Å². The van der Waals surface area contributed by atoms with E-state index in [0.29, 0.717) is 39.3 Å². The van der Waals surface area contributed by atoms with Crippen LogP contribution in [-0.4, -0.2) is 71.2 Å². The summed E-state index contributed by atoms with van der Waals surface area (Å²) in [7, 11) is 1.85. The molecule has 1 aromatic heterocycles. The molecule has 3 amide bonds. The predicted octanol–water partition coefficient (Wildman–Crippen LogP) is 0.0581. The van der Waals surface area contributed by atoms with E-state index in [1.165, 1.54) is 4.90 Å². The van der Waals surface area contributed by atoms with Crippen LogP contribution in [0.1, 0.15) is 5.69 Å². The second-order valence-corrected chi connectivity index (χ2v) is 5.52. The number of piperazine rings is 1. The van der Waals surface area contributed by atoms with Crippen LogP contribution in [0.4, 0.5) is 21.1 Å². The Hall–Kier alpha value is -2.45. The molecule has 0 saturated carbocycles. The van der Waals surface area contributed by atoms with Gasteiger partial charge in [-0.15, -0.1) is 0 Å². The number of nitrogens with one attached hydrogen (secondary N) is 1. The zero-order chi connectivity index (χ0) is 15.9. The maximum atomic E-state index is 12.0. The first-order valence-corrected chi connectivity index (χ1v) is 7.31. The minimum absolute atomic E-state index is 0.110. The number of hydrogen-bond acceptors (Lipinski definition) is 4. The number of carbonyl (C=O) groups is 2. The number of carbonyl (C=O) groups excluding carboxylic acids is 1. The molecule has 3 heterocycles. The molecule has 0 bridgehead atoms. The van der Waals surface area contributed by atoms with Gasteiger partial charge in [-0.3, -0.25) is 9.58 Å². The molecular weight excluding hydrogens is 288 g/mol. The lowest BCUT2D eigenvalue weighted by Crippen LogP contribution is -2.48. The maximum absolute atomic E-state index is 12.0. The van der Waals surface area contributed by atoms with Crippen LogP contribution in [0.5, 0.6) is 0 Å². The van der Waals surface area contributed by atoms with Gasteiger partial charge in [0.2, 0.25) is 0 Å². The molecule has 0 atom stereocenters. The van der Waals surface area contributed by atoms with Crippen molar-refractivity contribution in [2.45, 2.75) is 6.92 Å². The molecule has 0 aliphatic carbocycles. The predicted molar refractivity (Wildman–Crippen MR) is 80.5 cm³/mol. The van der Waals surface area contributed by atoms with Crippen LogP contribution >= 0.6 is 0 Å². The summed E-state index contributed by atoms with van der Waals surface area (Å²) < 4.78 is 1.76. The molecule has 1 aromatic rings. The lowest BCUT2D eigenvalue weighted by molar-refractivity contribution is 0.142. The van der Waals surface area contributed by atoms with E-state index in [4.69, 9.17) is 5.11 Å². The van der Waals surface area contributed by atoms with Gasteiger partial charge in [0.05, 0.1) is 5.69 Å². The van der Waals surface area contributed by atoms with Gasteiger partial charge in [0.15, 0.2) is 5.82 Å². The normalized spacial score (nSPS) is 18.8. The lowest BCUT2D eigenvalue weighted by atomic mass is 10.2. The zero-order valence-corrected chi connectivity index (χ0v) is 12.7. The monoisotopic (exact) mass is 308 g/mol. The minimum atomic E-state index is -0.893. The SMILES string of the molecule is Cc1c(N2CCNC2=O)c(N2CCN(C(=O)O)CC2)nn1C. The Morgan fingerprint density at radius 2 is 1.91 bits per heavy atom. The van der Waals surface area contributed by atoms with E-state index in [-0.39, 0.29) is 6.03 Å². The first-order chi connectivity index (χ1) is 10.5. The zero-order valence-electron chi connectivity index (χ0n) is 12.7. The summed E-state index contributed by atoms with van der Waals surface area (Å²) in [6.45, 7) is 5.21. The van der Waals surface area contributed by atoms with Crippen LogP contribution < -0.4 is 15.1 Å². The fourth-order valence-electron chi connectivity index (χ4n) is 2.90. The quantitative estimate of drug-likeness (QED) is 0.805. The van der Waals surface area contributed by atoms with Crippen molar-refractivity contribution in [3.63, 3.8) is 0 Å². The molecule has 22 heavy (non-hydrogen) atoms. The summed E-state index contributed by atoms with van der Waals surface area (Å²) in [5.74, 6) is 0.752. The molecule has 9 heteroatoms. The standard InChI is InChI=1S/C13H20N6O3/c1-9-10(19-4-3-14-12(19)20)11(15-16(9)2)17-5-7-18(8-6-17)13(21)22/h3-8H2,1-2H3,(H,14,20)(H,21,22). The fraction of sp³-hybridized carbons (Fsp3) is 0.615. The average molecular weight is 308 g/mol. The number of rotatable bonds is 2. The Kier molecular flexibility index (Phi) is 3.55. The van der Waals surface area contributed by atoms with Crippen molar-refractivity contribution in [1.29, 1.82) is 0 Å². The van der Waals surface area contributed by atoms with E-state index in [9.17, 15) is 9.59 Å². The van der Waals surface area contributed by atoms with Gasteiger partial charge in [0.25, 0.3) is 0 Å². The van der Waals surface area contributed by atoms with Crippen LogP contribution in [-0.2, 0) is 7.05 Å². The van der Waals surface area contributed by atoms with Crippen LogP contribution in [0.2, 0.25) is 0 Å². The van der Waals surface area contributed by atoms with Gasteiger partial charge in [-0.25, -0.2) is 9.59 Å². The second-order valence-electron chi connectivity index (χ2n) is 5.52. The highest BCUT2D eigenvalue weighted by atomic mass is 16.4. The van der Waals surface area contributed by atoms with Crippen molar-refractivity contribution in [2.75, 3.05) is 49.1 Å². The topological polar surface area (TPSA) is 93.9 Å². The molecule has 3 rings (SSSR count). The number of hydrogen-bond donors (Lipinski definition) is 2. The van der Waals surface area contributed by atoms with Gasteiger partial charge >= 0.3 is 12.1 Å². The lowest BCUT2D eigenvalue weighted by Gasteiger charge is -2.34. The Bertz CT molecular complexity index is 605. The molecule has 2 aliphatic heterocycles. The van der Waals surface area contributed by atoms with Crippen LogP contribution in [0.3, 0.4) is 0 Å². The van der Waals surface area contributed by atoms with Gasteiger partial charge in [0.1, 0.15) is 5.69 Å². The first-order valence-electron chi connectivity index (χ1n) is 7.31. The Morgan fingerprint density at radius 3 is 2.45 bits per heavy atom. The summed E-state index contributed by atoms with van der Waals surface area (Å²) in [6, 6.07) is -0.110. The van der Waals surface area contributed by atoms with Crippen molar-refractivity contribution in [3.8, 4) is 0 Å². The fourth-order valence-corrected chi connectivity index (χ4v) is 2.90. The number of nitrogens with zero attached hydrogens (tertiary/aromatic N) is 5. The van der Waals surface area contributed by atoms with Crippen molar-refractivity contribution in [2.24, 2.45) is 7.05 Å². The highest BCUT2D eigenvalue weighted by Crippen LogP contribution is 2.33. The maximum Gasteiger partial charge on any atom is 0.407 e. The summed E-state index contributed by atoms with van der Waals surface area (Å²) in [5.41, 5.74) is 1.74. The molecule has 2 saturated heterocycles. The summed E-state index contributed by atoms with van der Waals surface area (Å²) >= 11 is 0. The Labute approximate surface area is 128 Å². The smallest absolute Gasteiger partial charge is 0.407 e. The first kappa shape index (κ1) is 14.5. The molecule has 0 spiro atoms. The minimum Gasteiger partial charge on any atom is -0.465 e. The number of amides is 3. The van der Waals surface area contributed by atoms with E-state index in [1.807, 2.05) is 18.9 Å². The van der Waals surface area contributed by atoms with Gasteiger partial charge in [-0.05, 0) is 6.92 Å². The summed E-state index contributed by atoms with van der Waals surface area (Å²) in [4.78, 5) is 28.1. The Balaban J connectivity index is 1.87.